The monoisotopic (exact) mass is 225 g/mol. The maximum absolute atomic E-state index is 11.8. The van der Waals surface area contributed by atoms with E-state index in [2.05, 4.69) is 19.2 Å². The van der Waals surface area contributed by atoms with Gasteiger partial charge in [-0.05, 0) is 25.0 Å². The van der Waals surface area contributed by atoms with Crippen molar-refractivity contribution in [3.8, 4) is 0 Å². The summed E-state index contributed by atoms with van der Waals surface area (Å²) < 4.78 is 0. The summed E-state index contributed by atoms with van der Waals surface area (Å²) in [4.78, 5) is 11.8. The first-order valence-electron chi connectivity index (χ1n) is 5.07. The summed E-state index contributed by atoms with van der Waals surface area (Å²) >= 11 is 5.92. The Kier molecular flexibility index (Phi) is 4.15. The van der Waals surface area contributed by atoms with Gasteiger partial charge in [-0.25, -0.2) is 0 Å². The number of hydrogen-bond acceptors (Lipinski definition) is 1. The Bertz CT molecular complexity index is 349. The van der Waals surface area contributed by atoms with Gasteiger partial charge in [-0.15, -0.1) is 0 Å². The SMILES string of the molecule is CC(C)[C@@H](C)NC(=O)c1ccccc1Cl. The summed E-state index contributed by atoms with van der Waals surface area (Å²) in [6, 6.07) is 7.21. The lowest BCUT2D eigenvalue weighted by molar-refractivity contribution is 0.0930. The Morgan fingerprint density at radius 1 is 1.27 bits per heavy atom. The van der Waals surface area contributed by atoms with Gasteiger partial charge in [0.25, 0.3) is 5.91 Å². The van der Waals surface area contributed by atoms with Crippen LogP contribution < -0.4 is 5.32 Å². The fraction of sp³-hybridized carbons (Fsp3) is 0.417. The molecule has 15 heavy (non-hydrogen) atoms. The summed E-state index contributed by atoms with van der Waals surface area (Å²) in [5.41, 5.74) is 0.534. The van der Waals surface area contributed by atoms with E-state index < -0.39 is 0 Å². The number of rotatable bonds is 3. The van der Waals surface area contributed by atoms with Gasteiger partial charge in [-0.1, -0.05) is 37.6 Å². The molecule has 0 unspecified atom stereocenters. The van der Waals surface area contributed by atoms with Gasteiger partial charge in [0.2, 0.25) is 0 Å². The molecule has 1 rings (SSSR count). The van der Waals surface area contributed by atoms with Crippen LogP contribution in [0.15, 0.2) is 24.3 Å². The number of halogens is 1. The molecule has 0 saturated heterocycles. The van der Waals surface area contributed by atoms with Crippen LogP contribution >= 0.6 is 11.6 Å². The lowest BCUT2D eigenvalue weighted by Crippen LogP contribution is -2.36. The van der Waals surface area contributed by atoms with Gasteiger partial charge in [0, 0.05) is 6.04 Å². The van der Waals surface area contributed by atoms with Gasteiger partial charge in [0.15, 0.2) is 0 Å². The molecule has 0 heterocycles. The van der Waals surface area contributed by atoms with Crippen molar-refractivity contribution in [2.45, 2.75) is 26.8 Å². The first-order valence-corrected chi connectivity index (χ1v) is 5.45. The zero-order chi connectivity index (χ0) is 11.4. The molecule has 1 amide bonds. The smallest absolute Gasteiger partial charge is 0.253 e. The number of benzene rings is 1. The van der Waals surface area contributed by atoms with E-state index in [0.29, 0.717) is 16.5 Å². The fourth-order valence-electron chi connectivity index (χ4n) is 1.10. The van der Waals surface area contributed by atoms with Crippen LogP contribution in [-0.2, 0) is 0 Å². The van der Waals surface area contributed by atoms with E-state index in [0.717, 1.165) is 0 Å². The van der Waals surface area contributed by atoms with Gasteiger partial charge >= 0.3 is 0 Å². The summed E-state index contributed by atoms with van der Waals surface area (Å²) in [5, 5.41) is 3.40. The Morgan fingerprint density at radius 2 is 1.87 bits per heavy atom. The van der Waals surface area contributed by atoms with Crippen molar-refractivity contribution >= 4 is 17.5 Å². The molecule has 0 aromatic heterocycles. The highest BCUT2D eigenvalue weighted by Gasteiger charge is 2.14. The highest BCUT2D eigenvalue weighted by molar-refractivity contribution is 6.33. The highest BCUT2D eigenvalue weighted by Crippen LogP contribution is 2.15. The molecule has 0 aliphatic rings. The van der Waals surface area contributed by atoms with E-state index in [-0.39, 0.29) is 11.9 Å². The van der Waals surface area contributed by atoms with Crippen molar-refractivity contribution in [1.82, 2.24) is 5.32 Å². The average molecular weight is 226 g/mol. The molecule has 3 heteroatoms. The van der Waals surface area contributed by atoms with E-state index in [9.17, 15) is 4.79 Å². The Labute approximate surface area is 95.6 Å². The van der Waals surface area contributed by atoms with Crippen LogP contribution in [0.3, 0.4) is 0 Å². The summed E-state index contributed by atoms with van der Waals surface area (Å²) in [6.45, 7) is 6.12. The van der Waals surface area contributed by atoms with Gasteiger partial charge in [-0.2, -0.15) is 0 Å². The minimum absolute atomic E-state index is 0.109. The lowest BCUT2D eigenvalue weighted by Gasteiger charge is -2.17. The fourth-order valence-corrected chi connectivity index (χ4v) is 1.32. The second-order valence-electron chi connectivity index (χ2n) is 3.99. The maximum atomic E-state index is 11.8. The molecule has 0 spiro atoms. The topological polar surface area (TPSA) is 29.1 Å². The van der Waals surface area contributed by atoms with Crippen molar-refractivity contribution in [2.24, 2.45) is 5.92 Å². The van der Waals surface area contributed by atoms with Crippen LogP contribution in [0.5, 0.6) is 0 Å². The molecule has 0 aliphatic carbocycles. The number of carbonyl (C=O) groups excluding carboxylic acids is 1. The zero-order valence-corrected chi connectivity index (χ0v) is 10.0. The zero-order valence-electron chi connectivity index (χ0n) is 9.25. The third-order valence-corrected chi connectivity index (χ3v) is 2.81. The minimum atomic E-state index is -0.109. The summed E-state index contributed by atoms with van der Waals surface area (Å²) in [6.07, 6.45) is 0. The van der Waals surface area contributed by atoms with Crippen molar-refractivity contribution in [3.05, 3.63) is 34.9 Å². The molecular weight excluding hydrogens is 210 g/mol. The first-order chi connectivity index (χ1) is 7.02. The average Bonchev–Trinajstić information content (AvgIpc) is 2.18. The normalized spacial score (nSPS) is 12.6. The summed E-state index contributed by atoms with van der Waals surface area (Å²) in [5.74, 6) is 0.304. The maximum Gasteiger partial charge on any atom is 0.253 e. The second kappa shape index (κ2) is 5.17. The third-order valence-electron chi connectivity index (χ3n) is 2.48. The molecule has 1 aromatic carbocycles. The first kappa shape index (κ1) is 12.1. The van der Waals surface area contributed by atoms with Gasteiger partial charge in [0.05, 0.1) is 10.6 Å². The number of carbonyl (C=O) groups is 1. The molecule has 0 fully saturated rings. The van der Waals surface area contributed by atoms with E-state index in [1.165, 1.54) is 0 Å². The molecule has 1 atom stereocenters. The quantitative estimate of drug-likeness (QED) is 0.842. The standard InChI is InChI=1S/C12H16ClNO/c1-8(2)9(3)14-12(15)10-6-4-5-7-11(10)13/h4-9H,1-3H3,(H,14,15)/t9-/m1/s1. The van der Waals surface area contributed by atoms with Gasteiger partial charge in [-0.3, -0.25) is 4.79 Å². The Hall–Kier alpha value is -1.02. The number of amides is 1. The van der Waals surface area contributed by atoms with E-state index in [1.54, 1.807) is 18.2 Å². The van der Waals surface area contributed by atoms with Crippen molar-refractivity contribution in [2.75, 3.05) is 0 Å². The Balaban J connectivity index is 2.74. The molecule has 0 saturated carbocycles. The number of nitrogens with one attached hydrogen (secondary N) is 1. The van der Waals surface area contributed by atoms with Crippen LogP contribution in [0.2, 0.25) is 5.02 Å². The van der Waals surface area contributed by atoms with Crippen LogP contribution in [0.1, 0.15) is 31.1 Å². The largest absolute Gasteiger partial charge is 0.349 e. The van der Waals surface area contributed by atoms with E-state index in [4.69, 9.17) is 11.6 Å². The number of hydrogen-bond donors (Lipinski definition) is 1. The molecule has 0 aliphatic heterocycles. The van der Waals surface area contributed by atoms with Crippen molar-refractivity contribution in [3.63, 3.8) is 0 Å². The minimum Gasteiger partial charge on any atom is -0.349 e. The molecule has 1 aromatic rings. The van der Waals surface area contributed by atoms with Crippen LogP contribution in [0.4, 0.5) is 0 Å². The van der Waals surface area contributed by atoms with Crippen LogP contribution in [0, 0.1) is 5.92 Å². The predicted molar refractivity (Wildman–Crippen MR) is 63.2 cm³/mol. The van der Waals surface area contributed by atoms with Crippen molar-refractivity contribution < 1.29 is 4.79 Å². The molecule has 1 N–H and O–H groups in total. The van der Waals surface area contributed by atoms with E-state index in [1.807, 2.05) is 13.0 Å². The van der Waals surface area contributed by atoms with E-state index >= 15 is 0 Å². The lowest BCUT2D eigenvalue weighted by atomic mass is 10.1. The summed E-state index contributed by atoms with van der Waals surface area (Å²) in [7, 11) is 0. The predicted octanol–water partition coefficient (Wildman–Crippen LogP) is 3.11. The van der Waals surface area contributed by atoms with Crippen LogP contribution in [-0.4, -0.2) is 11.9 Å². The molecule has 82 valence electrons. The third kappa shape index (κ3) is 3.24. The molecule has 0 radical (unpaired) electrons. The second-order valence-corrected chi connectivity index (χ2v) is 4.39. The van der Waals surface area contributed by atoms with Gasteiger partial charge < -0.3 is 5.32 Å². The molecular formula is C12H16ClNO. The van der Waals surface area contributed by atoms with Crippen molar-refractivity contribution in [1.29, 1.82) is 0 Å². The Morgan fingerprint density at radius 3 is 2.40 bits per heavy atom. The highest BCUT2D eigenvalue weighted by atomic mass is 35.5. The molecule has 0 bridgehead atoms. The van der Waals surface area contributed by atoms with Gasteiger partial charge in [0.1, 0.15) is 0 Å². The molecule has 2 nitrogen and oxygen atoms in total. The van der Waals surface area contributed by atoms with Crippen LogP contribution in [0.25, 0.3) is 0 Å².